The predicted molar refractivity (Wildman–Crippen MR) is 97.6 cm³/mol. The van der Waals surface area contributed by atoms with E-state index < -0.39 is 23.7 Å². The van der Waals surface area contributed by atoms with E-state index in [0.717, 1.165) is 6.20 Å². The third-order valence-electron chi connectivity index (χ3n) is 5.48. The Morgan fingerprint density at radius 2 is 1.70 bits per heavy atom. The van der Waals surface area contributed by atoms with Crippen LogP contribution in [-0.4, -0.2) is 39.7 Å². The molecule has 1 aliphatic carbocycles. The molecule has 1 saturated heterocycles. The minimum atomic E-state index is -4.77. The number of halogens is 5. The number of hydrogen-bond acceptors (Lipinski definition) is 5. The Bertz CT molecular complexity index is 1200. The summed E-state index contributed by atoms with van der Waals surface area (Å²) in [5.41, 5.74) is 1.66. The standard InChI is InChI=1S/C20H13F5N4O/c21-19(22)3-5-29(6-4-19)10-1-2-14-11(7-10)15-12-8-27-18(20(23,24)25)28-16(12)17(30)13(15)9-26-14/h1-2,7-9H,3-6H2. The third-order valence-corrected chi connectivity index (χ3v) is 5.48. The number of carbonyl (C=O) groups excluding carboxylic acids is 1. The van der Waals surface area contributed by atoms with Gasteiger partial charge in [0.1, 0.15) is 5.69 Å². The number of anilines is 1. The Balaban J connectivity index is 1.63. The van der Waals surface area contributed by atoms with Gasteiger partial charge in [-0.15, -0.1) is 0 Å². The lowest BCUT2D eigenvalue weighted by Crippen LogP contribution is -2.39. The topological polar surface area (TPSA) is 59.0 Å². The van der Waals surface area contributed by atoms with Crippen LogP contribution in [0.1, 0.15) is 34.7 Å². The van der Waals surface area contributed by atoms with Crippen molar-refractivity contribution in [3.63, 3.8) is 0 Å². The smallest absolute Gasteiger partial charge is 0.371 e. The highest BCUT2D eigenvalue weighted by molar-refractivity contribution is 6.24. The maximum absolute atomic E-state index is 13.5. The van der Waals surface area contributed by atoms with Crippen molar-refractivity contribution in [3.8, 4) is 11.1 Å². The fraction of sp³-hybridized carbons (Fsp3) is 0.300. The maximum Gasteiger partial charge on any atom is 0.451 e. The molecular weight excluding hydrogens is 407 g/mol. The summed E-state index contributed by atoms with van der Waals surface area (Å²) in [4.78, 5) is 25.6. The zero-order valence-corrected chi connectivity index (χ0v) is 15.3. The fourth-order valence-electron chi connectivity index (χ4n) is 3.93. The molecule has 5 nitrogen and oxygen atoms in total. The number of carbonyl (C=O) groups is 1. The molecule has 0 amide bonds. The lowest BCUT2D eigenvalue weighted by atomic mass is 10.0. The second-order valence-electron chi connectivity index (χ2n) is 7.37. The lowest BCUT2D eigenvalue weighted by Gasteiger charge is -2.33. The first kappa shape index (κ1) is 18.8. The van der Waals surface area contributed by atoms with E-state index in [1.807, 2.05) is 4.90 Å². The van der Waals surface area contributed by atoms with E-state index in [0.29, 0.717) is 22.2 Å². The average Bonchev–Trinajstić information content (AvgIpc) is 2.99. The van der Waals surface area contributed by atoms with E-state index in [4.69, 9.17) is 0 Å². The van der Waals surface area contributed by atoms with Crippen LogP contribution in [0.5, 0.6) is 0 Å². The Morgan fingerprint density at radius 3 is 2.40 bits per heavy atom. The molecule has 1 fully saturated rings. The first-order valence-corrected chi connectivity index (χ1v) is 9.19. The molecule has 154 valence electrons. The number of alkyl halides is 5. The Kier molecular flexibility index (Phi) is 3.87. The van der Waals surface area contributed by atoms with Gasteiger partial charge in [-0.25, -0.2) is 18.7 Å². The van der Waals surface area contributed by atoms with Gasteiger partial charge in [0.25, 0.3) is 5.92 Å². The van der Waals surface area contributed by atoms with Crippen LogP contribution in [0.4, 0.5) is 27.6 Å². The molecule has 30 heavy (non-hydrogen) atoms. The van der Waals surface area contributed by atoms with Gasteiger partial charge >= 0.3 is 6.18 Å². The molecule has 1 aromatic carbocycles. The maximum atomic E-state index is 13.5. The molecule has 0 atom stereocenters. The Morgan fingerprint density at radius 1 is 1.00 bits per heavy atom. The van der Waals surface area contributed by atoms with Crippen molar-refractivity contribution in [2.24, 2.45) is 0 Å². The fourth-order valence-corrected chi connectivity index (χ4v) is 3.93. The number of rotatable bonds is 1. The van der Waals surface area contributed by atoms with Crippen molar-refractivity contribution in [1.29, 1.82) is 0 Å². The van der Waals surface area contributed by atoms with Gasteiger partial charge in [0.15, 0.2) is 0 Å². The minimum Gasteiger partial charge on any atom is -0.371 e. The number of pyridine rings is 1. The lowest BCUT2D eigenvalue weighted by molar-refractivity contribution is -0.145. The van der Waals surface area contributed by atoms with Crippen LogP contribution in [0.25, 0.3) is 22.0 Å². The molecule has 0 bridgehead atoms. The van der Waals surface area contributed by atoms with Crippen LogP contribution in [0.2, 0.25) is 0 Å². The van der Waals surface area contributed by atoms with E-state index in [1.165, 1.54) is 6.20 Å². The first-order chi connectivity index (χ1) is 14.1. The number of piperidine rings is 1. The van der Waals surface area contributed by atoms with Crippen molar-refractivity contribution in [2.45, 2.75) is 24.9 Å². The van der Waals surface area contributed by atoms with Crippen LogP contribution < -0.4 is 4.90 Å². The molecule has 0 N–H and O–H groups in total. The van der Waals surface area contributed by atoms with E-state index >= 15 is 0 Å². The predicted octanol–water partition coefficient (Wildman–Crippen LogP) is 4.49. The minimum absolute atomic E-state index is 0.147. The van der Waals surface area contributed by atoms with E-state index in [9.17, 15) is 26.7 Å². The summed E-state index contributed by atoms with van der Waals surface area (Å²) >= 11 is 0. The van der Waals surface area contributed by atoms with Gasteiger partial charge in [-0.2, -0.15) is 13.2 Å². The van der Waals surface area contributed by atoms with Gasteiger partial charge < -0.3 is 4.90 Å². The highest BCUT2D eigenvalue weighted by atomic mass is 19.4. The van der Waals surface area contributed by atoms with Gasteiger partial charge in [-0.1, -0.05) is 0 Å². The summed E-state index contributed by atoms with van der Waals surface area (Å²) < 4.78 is 65.9. The number of fused-ring (bicyclic) bond motifs is 5. The molecule has 3 aromatic rings. The van der Waals surface area contributed by atoms with Crippen LogP contribution >= 0.6 is 0 Å². The molecule has 2 aliphatic rings. The first-order valence-electron chi connectivity index (χ1n) is 9.19. The van der Waals surface area contributed by atoms with Crippen LogP contribution in [-0.2, 0) is 6.18 Å². The highest BCUT2D eigenvalue weighted by Crippen LogP contribution is 2.42. The normalized spacial score (nSPS) is 17.9. The second kappa shape index (κ2) is 6.16. The van der Waals surface area contributed by atoms with E-state index in [1.54, 1.807) is 18.2 Å². The van der Waals surface area contributed by atoms with Crippen molar-refractivity contribution >= 4 is 22.4 Å². The molecule has 0 spiro atoms. The van der Waals surface area contributed by atoms with Crippen LogP contribution in [0.3, 0.4) is 0 Å². The number of benzene rings is 1. The van der Waals surface area contributed by atoms with Crippen LogP contribution in [0, 0.1) is 0 Å². The second-order valence-corrected chi connectivity index (χ2v) is 7.37. The summed E-state index contributed by atoms with van der Waals surface area (Å²) in [6.45, 7) is 0.350. The van der Waals surface area contributed by atoms with Crippen molar-refractivity contribution < 1.29 is 26.7 Å². The number of ketones is 1. The Hall–Kier alpha value is -3.17. The average molecular weight is 420 g/mol. The monoisotopic (exact) mass is 420 g/mol. The van der Waals surface area contributed by atoms with Crippen molar-refractivity contribution in [3.05, 3.63) is 47.7 Å². The summed E-state index contributed by atoms with van der Waals surface area (Å²) in [6.07, 6.45) is -2.97. The summed E-state index contributed by atoms with van der Waals surface area (Å²) in [6, 6.07) is 5.18. The number of nitrogens with zero attached hydrogens (tertiary/aromatic N) is 4. The molecule has 0 saturated carbocycles. The van der Waals surface area contributed by atoms with E-state index in [2.05, 4.69) is 15.0 Å². The summed E-state index contributed by atoms with van der Waals surface area (Å²) in [7, 11) is 0. The zero-order chi connectivity index (χ0) is 21.3. The molecule has 1 aliphatic heterocycles. The van der Waals surface area contributed by atoms with Gasteiger partial charge in [0.05, 0.1) is 11.1 Å². The van der Waals surface area contributed by atoms with Gasteiger partial charge in [-0.3, -0.25) is 9.78 Å². The van der Waals surface area contributed by atoms with Crippen molar-refractivity contribution in [2.75, 3.05) is 18.0 Å². The third kappa shape index (κ3) is 2.89. The molecule has 0 unspecified atom stereocenters. The molecule has 5 rings (SSSR count). The number of hydrogen-bond donors (Lipinski definition) is 0. The van der Waals surface area contributed by atoms with E-state index in [-0.39, 0.29) is 42.8 Å². The van der Waals surface area contributed by atoms with Gasteiger partial charge in [0, 0.05) is 60.5 Å². The quantitative estimate of drug-likeness (QED) is 0.425. The van der Waals surface area contributed by atoms with Crippen molar-refractivity contribution in [1.82, 2.24) is 15.0 Å². The summed E-state index contributed by atoms with van der Waals surface area (Å²) in [5, 5.41) is 0.540. The summed E-state index contributed by atoms with van der Waals surface area (Å²) in [5.74, 6) is -4.71. The van der Waals surface area contributed by atoms with Gasteiger partial charge in [-0.05, 0) is 18.2 Å². The SMILES string of the molecule is O=C1c2cnc3ccc(N4CCC(F)(F)CC4)cc3c2-c2cnc(C(F)(F)F)nc21. The largest absolute Gasteiger partial charge is 0.451 e. The molecule has 2 aromatic heterocycles. The highest BCUT2D eigenvalue weighted by Gasteiger charge is 2.39. The molecule has 3 heterocycles. The van der Waals surface area contributed by atoms with Crippen LogP contribution in [0.15, 0.2) is 30.6 Å². The van der Waals surface area contributed by atoms with Gasteiger partial charge in [0.2, 0.25) is 11.6 Å². The molecule has 10 heteroatoms. The molecular formula is C20H13F5N4O. The number of aromatic nitrogens is 3. The zero-order valence-electron chi connectivity index (χ0n) is 15.3. The molecule has 0 radical (unpaired) electrons. The Labute approximate surface area is 166 Å².